The van der Waals surface area contributed by atoms with Crippen LogP contribution in [0.4, 0.5) is 0 Å². The van der Waals surface area contributed by atoms with Gasteiger partial charge in [0.15, 0.2) is 0 Å². The fourth-order valence-corrected chi connectivity index (χ4v) is 4.82. The zero-order chi connectivity index (χ0) is 10.9. The first kappa shape index (κ1) is 9.46. The van der Waals surface area contributed by atoms with E-state index in [1.807, 2.05) is 0 Å². The highest BCUT2D eigenvalue weighted by Gasteiger charge is 2.56. The lowest BCUT2D eigenvalue weighted by atomic mass is 9.81. The Bertz CT molecular complexity index is 356. The van der Waals surface area contributed by atoms with E-state index in [9.17, 15) is 4.79 Å². The van der Waals surface area contributed by atoms with Gasteiger partial charge in [0, 0.05) is 19.0 Å². The van der Waals surface area contributed by atoms with Crippen molar-refractivity contribution in [3.05, 3.63) is 0 Å². The van der Waals surface area contributed by atoms with Crippen LogP contribution in [0.1, 0.15) is 39.0 Å². The minimum absolute atomic E-state index is 0.0112. The molecule has 0 aromatic rings. The molecule has 0 aromatic carbocycles. The topological polar surface area (TPSA) is 32.3 Å². The van der Waals surface area contributed by atoms with Gasteiger partial charge in [0.1, 0.15) is 0 Å². The second-order valence-corrected chi connectivity index (χ2v) is 6.45. The van der Waals surface area contributed by atoms with Crippen molar-refractivity contribution in [1.29, 1.82) is 0 Å². The van der Waals surface area contributed by atoms with E-state index < -0.39 is 0 Å². The van der Waals surface area contributed by atoms with Crippen molar-refractivity contribution in [1.82, 2.24) is 10.2 Å². The van der Waals surface area contributed by atoms with Crippen LogP contribution >= 0.6 is 0 Å². The predicted octanol–water partition coefficient (Wildman–Crippen LogP) is 1.34. The first-order valence-corrected chi connectivity index (χ1v) is 6.75. The van der Waals surface area contributed by atoms with Crippen LogP contribution in [0.2, 0.25) is 0 Å². The average Bonchev–Trinajstić information content (AvgIpc) is 2.91. The smallest absolute Gasteiger partial charge is 0.224 e. The van der Waals surface area contributed by atoms with E-state index in [0.29, 0.717) is 11.9 Å². The maximum Gasteiger partial charge on any atom is 0.224 e. The van der Waals surface area contributed by atoms with Crippen LogP contribution in [0.3, 0.4) is 0 Å². The van der Waals surface area contributed by atoms with Gasteiger partial charge in [-0.2, -0.15) is 0 Å². The summed E-state index contributed by atoms with van der Waals surface area (Å²) in [6.07, 6.45) is 6.00. The summed E-state index contributed by atoms with van der Waals surface area (Å²) in [4.78, 5) is 14.0. The molecule has 2 heterocycles. The van der Waals surface area contributed by atoms with Crippen molar-refractivity contribution < 1.29 is 4.79 Å². The van der Waals surface area contributed by atoms with Crippen molar-refractivity contribution in [2.45, 2.75) is 50.7 Å². The van der Waals surface area contributed by atoms with Gasteiger partial charge in [0.05, 0.1) is 5.66 Å². The predicted molar refractivity (Wildman–Crippen MR) is 60.6 cm³/mol. The highest BCUT2D eigenvalue weighted by molar-refractivity contribution is 5.79. The normalized spacial score (nSPS) is 54.3. The molecule has 5 atom stereocenters. The van der Waals surface area contributed by atoms with Gasteiger partial charge in [-0.25, -0.2) is 0 Å². The van der Waals surface area contributed by atoms with Crippen LogP contribution in [0.25, 0.3) is 0 Å². The van der Waals surface area contributed by atoms with Gasteiger partial charge in [0.25, 0.3) is 0 Å². The minimum atomic E-state index is -0.0112. The molecule has 0 radical (unpaired) electrons. The van der Waals surface area contributed by atoms with Crippen LogP contribution in [0.5, 0.6) is 0 Å². The lowest BCUT2D eigenvalue weighted by Crippen LogP contribution is -2.66. The van der Waals surface area contributed by atoms with E-state index in [2.05, 4.69) is 17.1 Å². The van der Waals surface area contributed by atoms with Crippen molar-refractivity contribution in [3.8, 4) is 0 Å². The van der Waals surface area contributed by atoms with E-state index >= 15 is 0 Å². The molecule has 2 bridgehead atoms. The molecule has 0 spiro atoms. The third-order valence-electron chi connectivity index (χ3n) is 5.68. The molecule has 4 aliphatic rings. The molecule has 1 N–H and O–H groups in total. The number of amides is 1. The standard InChI is InChI=1S/C13H20N2O/c1-13-5-4-11(16)15(13)7-10-8-2-3-9(6-8)12(10)14-13/h8-10,12,14H,2-7H2,1H3. The van der Waals surface area contributed by atoms with Crippen molar-refractivity contribution in [2.24, 2.45) is 17.8 Å². The first-order valence-electron chi connectivity index (χ1n) is 6.75. The molecule has 88 valence electrons. The fraction of sp³-hybridized carbons (Fsp3) is 0.923. The summed E-state index contributed by atoms with van der Waals surface area (Å²) in [5, 5.41) is 3.82. The summed E-state index contributed by atoms with van der Waals surface area (Å²) in [7, 11) is 0. The maximum absolute atomic E-state index is 11.9. The summed E-state index contributed by atoms with van der Waals surface area (Å²) in [6.45, 7) is 3.26. The number of hydrogen-bond acceptors (Lipinski definition) is 2. The molecular formula is C13H20N2O. The number of nitrogens with one attached hydrogen (secondary N) is 1. The Morgan fingerprint density at radius 2 is 2.19 bits per heavy atom. The number of carbonyl (C=O) groups is 1. The zero-order valence-electron chi connectivity index (χ0n) is 9.91. The molecule has 0 aromatic heterocycles. The van der Waals surface area contributed by atoms with Crippen molar-refractivity contribution >= 4 is 5.91 Å². The van der Waals surface area contributed by atoms with E-state index in [1.54, 1.807) is 0 Å². The Labute approximate surface area is 96.6 Å². The zero-order valence-corrected chi connectivity index (χ0v) is 9.91. The van der Waals surface area contributed by atoms with Crippen LogP contribution in [-0.2, 0) is 4.79 Å². The van der Waals surface area contributed by atoms with Crippen LogP contribution in [0, 0.1) is 17.8 Å². The fourth-order valence-electron chi connectivity index (χ4n) is 4.82. The second-order valence-electron chi connectivity index (χ2n) is 6.45. The van der Waals surface area contributed by atoms with Gasteiger partial charge in [-0.1, -0.05) is 0 Å². The third kappa shape index (κ3) is 1.01. The van der Waals surface area contributed by atoms with Crippen LogP contribution < -0.4 is 5.32 Å². The lowest BCUT2D eigenvalue weighted by molar-refractivity contribution is -0.136. The SMILES string of the molecule is CC12CCC(=O)N1CC1C3CCC(C3)C1N2. The Morgan fingerprint density at radius 1 is 1.38 bits per heavy atom. The largest absolute Gasteiger partial charge is 0.324 e. The molecule has 2 aliphatic carbocycles. The van der Waals surface area contributed by atoms with Crippen molar-refractivity contribution in [2.75, 3.05) is 6.54 Å². The summed E-state index contributed by atoms with van der Waals surface area (Å²) in [6, 6.07) is 0.714. The van der Waals surface area contributed by atoms with E-state index in [4.69, 9.17) is 0 Å². The molecule has 3 heteroatoms. The number of hydrogen-bond donors (Lipinski definition) is 1. The summed E-state index contributed by atoms with van der Waals surface area (Å²) in [5.74, 6) is 2.94. The van der Waals surface area contributed by atoms with Crippen molar-refractivity contribution in [3.63, 3.8) is 0 Å². The number of rotatable bonds is 0. The average molecular weight is 220 g/mol. The molecule has 5 unspecified atom stereocenters. The van der Waals surface area contributed by atoms with Gasteiger partial charge in [0.2, 0.25) is 5.91 Å². The van der Waals surface area contributed by atoms with Gasteiger partial charge in [-0.15, -0.1) is 0 Å². The third-order valence-corrected chi connectivity index (χ3v) is 5.68. The summed E-state index contributed by atoms with van der Waals surface area (Å²) in [5.41, 5.74) is -0.0112. The number of fused-ring (bicyclic) bond motifs is 6. The van der Waals surface area contributed by atoms with E-state index in [-0.39, 0.29) is 5.66 Å². The molecule has 2 saturated carbocycles. The Balaban J connectivity index is 1.67. The monoisotopic (exact) mass is 220 g/mol. The van der Waals surface area contributed by atoms with Crippen LogP contribution in [-0.4, -0.2) is 29.1 Å². The Kier molecular flexibility index (Phi) is 1.66. The van der Waals surface area contributed by atoms with Gasteiger partial charge < -0.3 is 4.90 Å². The Morgan fingerprint density at radius 3 is 3.06 bits per heavy atom. The molecule has 1 amide bonds. The highest BCUT2D eigenvalue weighted by atomic mass is 16.2. The lowest BCUT2D eigenvalue weighted by Gasteiger charge is -2.50. The molecule has 16 heavy (non-hydrogen) atoms. The summed E-state index contributed by atoms with van der Waals surface area (Å²) < 4.78 is 0. The van der Waals surface area contributed by atoms with Gasteiger partial charge in [-0.05, 0) is 50.4 Å². The maximum atomic E-state index is 11.9. The molecular weight excluding hydrogens is 200 g/mol. The summed E-state index contributed by atoms with van der Waals surface area (Å²) >= 11 is 0. The second kappa shape index (κ2) is 2.81. The highest BCUT2D eigenvalue weighted by Crippen LogP contribution is 2.52. The molecule has 4 rings (SSSR count). The molecule has 2 saturated heterocycles. The number of nitrogens with zero attached hydrogens (tertiary/aromatic N) is 1. The molecule has 3 nitrogen and oxygen atoms in total. The number of carbonyl (C=O) groups excluding carboxylic acids is 1. The van der Waals surface area contributed by atoms with Gasteiger partial charge >= 0.3 is 0 Å². The van der Waals surface area contributed by atoms with E-state index in [1.165, 1.54) is 19.3 Å². The Hall–Kier alpha value is -0.570. The molecule has 2 aliphatic heterocycles. The van der Waals surface area contributed by atoms with Crippen LogP contribution in [0.15, 0.2) is 0 Å². The van der Waals surface area contributed by atoms with Gasteiger partial charge in [-0.3, -0.25) is 10.1 Å². The van der Waals surface area contributed by atoms with E-state index in [0.717, 1.165) is 37.1 Å². The first-order chi connectivity index (χ1) is 7.67. The molecule has 4 fully saturated rings. The quantitative estimate of drug-likeness (QED) is 0.668. The minimum Gasteiger partial charge on any atom is -0.324 e.